The van der Waals surface area contributed by atoms with Crippen molar-refractivity contribution in [3.05, 3.63) is 0 Å². The van der Waals surface area contributed by atoms with E-state index >= 15 is 0 Å². The molecule has 2 fully saturated rings. The van der Waals surface area contributed by atoms with Crippen LogP contribution in [0.25, 0.3) is 0 Å². The molecule has 0 aromatic rings. The third-order valence-electron chi connectivity index (χ3n) is 4.88. The number of rotatable bonds is 5. The van der Waals surface area contributed by atoms with Crippen LogP contribution in [0.15, 0.2) is 0 Å². The second-order valence-corrected chi connectivity index (χ2v) is 8.16. The molecule has 142 valence electrons. The van der Waals surface area contributed by atoms with Crippen molar-refractivity contribution in [2.24, 2.45) is 17.8 Å². The number of hydrogen-bond donors (Lipinski definition) is 2. The minimum absolute atomic E-state index is 0.0122. The average Bonchev–Trinajstić information content (AvgIpc) is 2.94. The van der Waals surface area contributed by atoms with Gasteiger partial charge in [-0.1, -0.05) is 6.92 Å². The fourth-order valence-corrected chi connectivity index (χ4v) is 3.44. The smallest absolute Gasteiger partial charge is 0.332 e. The number of carbonyl (C=O) groups is 3. The van der Waals surface area contributed by atoms with E-state index in [1.165, 1.54) is 0 Å². The van der Waals surface area contributed by atoms with Crippen molar-refractivity contribution in [3.8, 4) is 0 Å². The maximum atomic E-state index is 12.7. The fraction of sp³-hybridized carbons (Fsp3) is 0.833. The summed E-state index contributed by atoms with van der Waals surface area (Å²) in [5.74, 6) is -2.75. The number of amides is 1. The van der Waals surface area contributed by atoms with E-state index in [0.29, 0.717) is 6.42 Å². The van der Waals surface area contributed by atoms with Crippen LogP contribution >= 0.6 is 0 Å². The standard InChI is InChI=1S/C18H29NO6/c1-6-24-16(23)18(9-10(18)2)19-14(21)12-7-11(20)8-13(12)15(22)25-17(3,4)5/h10-13,20H,6-9H2,1-5H3,(H,19,21)/t10-,11+,12-,13-,18-/m1/s1. The van der Waals surface area contributed by atoms with Crippen molar-refractivity contribution in [2.75, 3.05) is 6.61 Å². The molecule has 0 saturated heterocycles. The van der Waals surface area contributed by atoms with E-state index in [9.17, 15) is 19.5 Å². The summed E-state index contributed by atoms with van der Waals surface area (Å²) in [5.41, 5.74) is -1.66. The molecule has 2 aliphatic carbocycles. The molecular formula is C18H29NO6. The lowest BCUT2D eigenvalue weighted by atomic mass is 9.94. The summed E-state index contributed by atoms with van der Waals surface area (Å²) in [6.07, 6.45) is 0.158. The number of nitrogens with one attached hydrogen (secondary N) is 1. The number of aliphatic hydroxyl groups is 1. The van der Waals surface area contributed by atoms with E-state index < -0.39 is 46.9 Å². The minimum atomic E-state index is -1.00. The van der Waals surface area contributed by atoms with Crippen LogP contribution in [0.1, 0.15) is 53.9 Å². The Morgan fingerprint density at radius 2 is 1.76 bits per heavy atom. The van der Waals surface area contributed by atoms with Crippen molar-refractivity contribution in [1.29, 1.82) is 0 Å². The fourth-order valence-electron chi connectivity index (χ4n) is 3.44. The number of aliphatic hydroxyl groups excluding tert-OH is 1. The van der Waals surface area contributed by atoms with Crippen molar-refractivity contribution in [3.63, 3.8) is 0 Å². The van der Waals surface area contributed by atoms with E-state index in [2.05, 4.69) is 5.32 Å². The molecule has 0 radical (unpaired) electrons. The van der Waals surface area contributed by atoms with Crippen LogP contribution in [0, 0.1) is 17.8 Å². The Labute approximate surface area is 148 Å². The van der Waals surface area contributed by atoms with Crippen LogP contribution in [0.4, 0.5) is 0 Å². The van der Waals surface area contributed by atoms with Crippen molar-refractivity contribution >= 4 is 17.8 Å². The Bertz CT molecular complexity index is 554. The summed E-state index contributed by atoms with van der Waals surface area (Å²) < 4.78 is 10.5. The predicted octanol–water partition coefficient (Wildman–Crippen LogP) is 1.17. The van der Waals surface area contributed by atoms with Crippen LogP contribution < -0.4 is 5.32 Å². The van der Waals surface area contributed by atoms with Gasteiger partial charge in [0.25, 0.3) is 0 Å². The first-order valence-electron chi connectivity index (χ1n) is 8.90. The molecular weight excluding hydrogens is 326 g/mol. The summed E-state index contributed by atoms with van der Waals surface area (Å²) in [6, 6.07) is 0. The van der Waals surface area contributed by atoms with E-state index in [4.69, 9.17) is 9.47 Å². The van der Waals surface area contributed by atoms with Gasteiger partial charge in [0, 0.05) is 0 Å². The van der Waals surface area contributed by atoms with Gasteiger partial charge in [0.05, 0.1) is 24.5 Å². The molecule has 1 amide bonds. The van der Waals surface area contributed by atoms with Crippen molar-refractivity contribution in [2.45, 2.75) is 71.1 Å². The van der Waals surface area contributed by atoms with Crippen LogP contribution in [0.5, 0.6) is 0 Å². The highest BCUT2D eigenvalue weighted by atomic mass is 16.6. The zero-order chi connectivity index (χ0) is 19.0. The van der Waals surface area contributed by atoms with Crippen molar-refractivity contribution in [1.82, 2.24) is 5.32 Å². The summed E-state index contributed by atoms with van der Waals surface area (Å²) in [4.78, 5) is 37.3. The van der Waals surface area contributed by atoms with Crippen LogP contribution in [-0.2, 0) is 23.9 Å². The van der Waals surface area contributed by atoms with Gasteiger partial charge < -0.3 is 19.9 Å². The molecule has 2 aliphatic rings. The Morgan fingerprint density at radius 1 is 1.20 bits per heavy atom. The van der Waals surface area contributed by atoms with Gasteiger partial charge in [0.15, 0.2) is 0 Å². The molecule has 0 aliphatic heterocycles. The summed E-state index contributed by atoms with van der Waals surface area (Å²) in [7, 11) is 0. The SMILES string of the molecule is CCOC(=O)[C@@]1(NC(=O)[C@@H]2C[C@H](O)C[C@H]2C(=O)OC(C)(C)C)C[C@H]1C. The quantitative estimate of drug-likeness (QED) is 0.718. The molecule has 2 rings (SSSR count). The van der Waals surface area contributed by atoms with Crippen LogP contribution in [-0.4, -0.2) is 46.8 Å². The highest BCUT2D eigenvalue weighted by molar-refractivity contribution is 5.94. The Balaban J connectivity index is 2.09. The summed E-state index contributed by atoms with van der Waals surface area (Å²) in [5, 5.41) is 12.7. The van der Waals surface area contributed by atoms with E-state index in [0.717, 1.165) is 0 Å². The molecule has 5 atom stereocenters. The largest absolute Gasteiger partial charge is 0.464 e. The molecule has 7 heteroatoms. The molecule has 2 N–H and O–H groups in total. The van der Waals surface area contributed by atoms with E-state index in [1.54, 1.807) is 27.7 Å². The molecule has 0 spiro atoms. The van der Waals surface area contributed by atoms with Gasteiger partial charge in [-0.3, -0.25) is 9.59 Å². The Hall–Kier alpha value is -1.63. The molecule has 0 heterocycles. The lowest BCUT2D eigenvalue weighted by Crippen LogP contribution is -2.49. The first kappa shape index (κ1) is 19.7. The molecule has 7 nitrogen and oxygen atoms in total. The Kier molecular flexibility index (Phi) is 5.47. The lowest BCUT2D eigenvalue weighted by molar-refractivity contribution is -0.163. The zero-order valence-electron chi connectivity index (χ0n) is 15.6. The number of hydrogen-bond acceptors (Lipinski definition) is 6. The first-order valence-corrected chi connectivity index (χ1v) is 8.90. The molecule has 2 saturated carbocycles. The summed E-state index contributed by atoms with van der Waals surface area (Å²) >= 11 is 0. The third kappa shape index (κ3) is 4.32. The monoisotopic (exact) mass is 355 g/mol. The second kappa shape index (κ2) is 6.94. The topological polar surface area (TPSA) is 102 Å². The van der Waals surface area contributed by atoms with Gasteiger partial charge >= 0.3 is 11.9 Å². The first-order chi connectivity index (χ1) is 11.5. The average molecular weight is 355 g/mol. The lowest BCUT2D eigenvalue weighted by Gasteiger charge is -2.25. The van der Waals surface area contributed by atoms with Gasteiger partial charge in [-0.2, -0.15) is 0 Å². The highest BCUT2D eigenvalue weighted by Crippen LogP contribution is 2.45. The van der Waals surface area contributed by atoms with Crippen LogP contribution in [0.3, 0.4) is 0 Å². The number of esters is 2. The van der Waals surface area contributed by atoms with Crippen molar-refractivity contribution < 1.29 is 29.0 Å². The summed E-state index contributed by atoms with van der Waals surface area (Å²) in [6.45, 7) is 9.09. The van der Waals surface area contributed by atoms with Gasteiger partial charge in [-0.25, -0.2) is 4.79 Å². The minimum Gasteiger partial charge on any atom is -0.464 e. The second-order valence-electron chi connectivity index (χ2n) is 8.16. The van der Waals surface area contributed by atoms with Crippen LogP contribution in [0.2, 0.25) is 0 Å². The number of ether oxygens (including phenoxy) is 2. The molecule has 0 aromatic heterocycles. The third-order valence-corrected chi connectivity index (χ3v) is 4.88. The maximum absolute atomic E-state index is 12.7. The molecule has 0 unspecified atom stereocenters. The van der Waals surface area contributed by atoms with Gasteiger partial charge in [0.2, 0.25) is 5.91 Å². The normalized spacial score (nSPS) is 34.3. The van der Waals surface area contributed by atoms with E-state index in [1.807, 2.05) is 6.92 Å². The van der Waals surface area contributed by atoms with E-state index in [-0.39, 0.29) is 25.4 Å². The Morgan fingerprint density at radius 3 is 2.24 bits per heavy atom. The van der Waals surface area contributed by atoms with Gasteiger partial charge in [0.1, 0.15) is 11.1 Å². The van der Waals surface area contributed by atoms with Gasteiger partial charge in [-0.15, -0.1) is 0 Å². The molecule has 0 bridgehead atoms. The molecule has 0 aromatic carbocycles. The van der Waals surface area contributed by atoms with Gasteiger partial charge in [-0.05, 0) is 52.9 Å². The number of carbonyl (C=O) groups excluding carboxylic acids is 3. The molecule has 25 heavy (non-hydrogen) atoms. The zero-order valence-corrected chi connectivity index (χ0v) is 15.6. The predicted molar refractivity (Wildman–Crippen MR) is 89.4 cm³/mol. The maximum Gasteiger partial charge on any atom is 0.332 e. The highest BCUT2D eigenvalue weighted by Gasteiger charge is 2.61.